The summed E-state index contributed by atoms with van der Waals surface area (Å²) >= 11 is 0. The Hall–Kier alpha value is -2.37. The van der Waals surface area contributed by atoms with E-state index in [0.717, 1.165) is 11.3 Å². The van der Waals surface area contributed by atoms with Crippen molar-refractivity contribution in [2.45, 2.75) is 65.5 Å². The zero-order valence-corrected chi connectivity index (χ0v) is 17.8. The predicted octanol–water partition coefficient (Wildman–Crippen LogP) is 3.85. The molecule has 2 amide bonds. The molecule has 2 heterocycles. The Labute approximate surface area is 167 Å². The first-order valence-corrected chi connectivity index (χ1v) is 9.87. The van der Waals surface area contributed by atoms with Gasteiger partial charge in [0.2, 0.25) is 0 Å². The maximum atomic E-state index is 13.6. The van der Waals surface area contributed by atoms with Crippen LogP contribution in [0.15, 0.2) is 35.4 Å². The number of hydrogen-bond acceptors (Lipinski definition) is 4. The summed E-state index contributed by atoms with van der Waals surface area (Å²) in [4.78, 5) is 28.0. The average Bonchev–Trinajstić information content (AvgIpc) is 2.86. The lowest BCUT2D eigenvalue weighted by atomic mass is 9.73. The highest BCUT2D eigenvalue weighted by Crippen LogP contribution is 2.41. The van der Waals surface area contributed by atoms with Crippen LogP contribution in [0.1, 0.15) is 53.5 Å². The SMILES string of the molecule is CC(C)(C)OC(=O)N1CCC2=NN(C(C)(C)C)C(=O)[C@@]2(Cc2ccccc2)C1. The van der Waals surface area contributed by atoms with Crippen LogP contribution >= 0.6 is 0 Å². The van der Waals surface area contributed by atoms with Gasteiger partial charge in [-0.3, -0.25) is 4.79 Å². The van der Waals surface area contributed by atoms with Crippen LogP contribution in [-0.4, -0.2) is 51.9 Å². The van der Waals surface area contributed by atoms with Crippen LogP contribution in [0, 0.1) is 5.41 Å². The lowest BCUT2D eigenvalue weighted by Gasteiger charge is -2.40. The number of benzene rings is 1. The monoisotopic (exact) mass is 385 g/mol. The van der Waals surface area contributed by atoms with Crippen molar-refractivity contribution in [1.29, 1.82) is 0 Å². The van der Waals surface area contributed by atoms with Crippen molar-refractivity contribution >= 4 is 17.7 Å². The van der Waals surface area contributed by atoms with E-state index in [0.29, 0.717) is 25.9 Å². The highest BCUT2D eigenvalue weighted by molar-refractivity contribution is 6.13. The van der Waals surface area contributed by atoms with E-state index in [9.17, 15) is 9.59 Å². The van der Waals surface area contributed by atoms with Gasteiger partial charge in [0.15, 0.2) is 0 Å². The number of carbonyl (C=O) groups is 2. The van der Waals surface area contributed by atoms with Gasteiger partial charge in [0.1, 0.15) is 11.0 Å². The van der Waals surface area contributed by atoms with E-state index in [4.69, 9.17) is 9.84 Å². The number of likely N-dealkylation sites (tertiary alicyclic amines) is 1. The van der Waals surface area contributed by atoms with Crippen LogP contribution in [0.3, 0.4) is 0 Å². The first-order chi connectivity index (χ1) is 12.9. The predicted molar refractivity (Wildman–Crippen MR) is 109 cm³/mol. The molecule has 0 unspecified atom stereocenters. The maximum Gasteiger partial charge on any atom is 0.410 e. The molecule has 0 spiro atoms. The third-order valence-corrected chi connectivity index (χ3v) is 5.09. The minimum absolute atomic E-state index is 0.0351. The third kappa shape index (κ3) is 3.91. The number of hydrazone groups is 1. The first kappa shape index (κ1) is 20.4. The Morgan fingerprint density at radius 2 is 1.79 bits per heavy atom. The van der Waals surface area contributed by atoms with E-state index < -0.39 is 16.6 Å². The topological polar surface area (TPSA) is 62.2 Å². The fourth-order valence-electron chi connectivity index (χ4n) is 3.80. The Bertz CT molecular complexity index is 789. The van der Waals surface area contributed by atoms with Crippen molar-refractivity contribution in [2.75, 3.05) is 13.1 Å². The van der Waals surface area contributed by atoms with E-state index >= 15 is 0 Å². The molecule has 1 fully saturated rings. The van der Waals surface area contributed by atoms with Crippen LogP contribution in [-0.2, 0) is 16.0 Å². The van der Waals surface area contributed by atoms with Crippen molar-refractivity contribution in [3.05, 3.63) is 35.9 Å². The molecule has 0 bridgehead atoms. The zero-order valence-electron chi connectivity index (χ0n) is 17.8. The molecular weight excluding hydrogens is 354 g/mol. The fourth-order valence-corrected chi connectivity index (χ4v) is 3.80. The minimum atomic E-state index is -0.830. The lowest BCUT2D eigenvalue weighted by Crippen LogP contribution is -2.57. The van der Waals surface area contributed by atoms with Gasteiger partial charge >= 0.3 is 6.09 Å². The van der Waals surface area contributed by atoms with Gasteiger partial charge in [-0.15, -0.1) is 0 Å². The number of piperidine rings is 1. The van der Waals surface area contributed by atoms with Crippen LogP contribution in [0.4, 0.5) is 4.79 Å². The number of carbonyl (C=O) groups excluding carboxylic acids is 2. The molecular formula is C22H31N3O3. The van der Waals surface area contributed by atoms with Gasteiger partial charge in [-0.05, 0) is 53.5 Å². The molecule has 6 heteroatoms. The average molecular weight is 386 g/mol. The summed E-state index contributed by atoms with van der Waals surface area (Å²) < 4.78 is 5.57. The summed E-state index contributed by atoms with van der Waals surface area (Å²) in [6, 6.07) is 9.94. The number of fused-ring (bicyclic) bond motifs is 1. The van der Waals surface area contributed by atoms with Crippen molar-refractivity contribution in [2.24, 2.45) is 10.5 Å². The van der Waals surface area contributed by atoms with E-state index in [1.54, 1.807) is 9.91 Å². The van der Waals surface area contributed by atoms with Gasteiger partial charge in [0.25, 0.3) is 5.91 Å². The second-order valence-corrected chi connectivity index (χ2v) is 9.73. The first-order valence-electron chi connectivity index (χ1n) is 9.87. The maximum absolute atomic E-state index is 13.6. The molecule has 1 saturated heterocycles. The fraction of sp³-hybridized carbons (Fsp3) is 0.591. The molecule has 0 N–H and O–H groups in total. The summed E-state index contributed by atoms with van der Waals surface area (Å²) in [6.07, 6.45) is 0.725. The van der Waals surface area contributed by atoms with Crippen LogP contribution in [0.25, 0.3) is 0 Å². The largest absolute Gasteiger partial charge is 0.444 e. The van der Waals surface area contributed by atoms with Gasteiger partial charge in [-0.2, -0.15) is 5.10 Å². The summed E-state index contributed by atoms with van der Waals surface area (Å²) in [5, 5.41) is 6.32. The van der Waals surface area contributed by atoms with Crippen molar-refractivity contribution < 1.29 is 14.3 Å². The number of hydrogen-bond donors (Lipinski definition) is 0. The quantitative estimate of drug-likeness (QED) is 0.777. The molecule has 0 aromatic heterocycles. The standard InChI is InChI=1S/C22H31N3O3/c1-20(2,3)25-18(26)22(14-16-10-8-7-9-11-16)15-24(13-12-17(22)23-25)19(27)28-21(4,5)6/h7-11H,12-15H2,1-6H3/t22-/m0/s1. The number of amides is 2. The van der Waals surface area contributed by atoms with Crippen molar-refractivity contribution in [3.63, 3.8) is 0 Å². The van der Waals surface area contributed by atoms with E-state index in [1.165, 1.54) is 0 Å². The Kier molecular flexibility index (Phi) is 5.02. The Morgan fingerprint density at radius 1 is 1.14 bits per heavy atom. The van der Waals surface area contributed by atoms with Gasteiger partial charge in [-0.25, -0.2) is 9.80 Å². The number of ether oxygens (including phenoxy) is 1. The Morgan fingerprint density at radius 3 is 2.36 bits per heavy atom. The van der Waals surface area contributed by atoms with Gasteiger partial charge < -0.3 is 9.64 Å². The van der Waals surface area contributed by atoms with E-state index in [1.807, 2.05) is 71.9 Å². The zero-order chi connectivity index (χ0) is 20.7. The normalized spacial score (nSPS) is 22.8. The second-order valence-electron chi connectivity index (χ2n) is 9.73. The van der Waals surface area contributed by atoms with Gasteiger partial charge in [0, 0.05) is 19.5 Å². The van der Waals surface area contributed by atoms with Crippen LogP contribution < -0.4 is 0 Å². The van der Waals surface area contributed by atoms with Crippen molar-refractivity contribution in [3.8, 4) is 0 Å². The third-order valence-electron chi connectivity index (χ3n) is 5.09. The molecule has 0 saturated carbocycles. The number of nitrogens with zero attached hydrogens (tertiary/aromatic N) is 3. The molecule has 6 nitrogen and oxygen atoms in total. The number of rotatable bonds is 2. The molecule has 3 rings (SSSR count). The molecule has 152 valence electrons. The lowest BCUT2D eigenvalue weighted by molar-refractivity contribution is -0.141. The van der Waals surface area contributed by atoms with E-state index in [-0.39, 0.29) is 12.0 Å². The summed E-state index contributed by atoms with van der Waals surface area (Å²) in [5.41, 5.74) is 0.113. The summed E-state index contributed by atoms with van der Waals surface area (Å²) in [7, 11) is 0. The van der Waals surface area contributed by atoms with Crippen molar-refractivity contribution in [1.82, 2.24) is 9.91 Å². The molecule has 1 aromatic carbocycles. The summed E-state index contributed by atoms with van der Waals surface area (Å²) in [6.45, 7) is 12.3. The smallest absolute Gasteiger partial charge is 0.410 e. The molecule has 0 radical (unpaired) electrons. The molecule has 2 aliphatic rings. The highest BCUT2D eigenvalue weighted by atomic mass is 16.6. The Balaban J connectivity index is 1.95. The molecule has 28 heavy (non-hydrogen) atoms. The summed E-state index contributed by atoms with van der Waals surface area (Å²) in [5.74, 6) is -0.0351. The highest BCUT2D eigenvalue weighted by Gasteiger charge is 2.56. The minimum Gasteiger partial charge on any atom is -0.444 e. The molecule has 2 aliphatic heterocycles. The second kappa shape index (κ2) is 6.90. The van der Waals surface area contributed by atoms with Crippen LogP contribution in [0.5, 0.6) is 0 Å². The van der Waals surface area contributed by atoms with Gasteiger partial charge in [0.05, 0.1) is 11.3 Å². The van der Waals surface area contributed by atoms with E-state index in [2.05, 4.69) is 0 Å². The van der Waals surface area contributed by atoms with Crippen LogP contribution in [0.2, 0.25) is 0 Å². The molecule has 1 aromatic rings. The van der Waals surface area contributed by atoms with Gasteiger partial charge in [-0.1, -0.05) is 30.3 Å². The molecule has 1 atom stereocenters. The molecule has 0 aliphatic carbocycles.